The highest BCUT2D eigenvalue weighted by Crippen LogP contribution is 2.39. The number of carbonyl (C=O) groups is 1. The van der Waals surface area contributed by atoms with Crippen molar-refractivity contribution in [2.75, 3.05) is 11.9 Å². The predicted molar refractivity (Wildman–Crippen MR) is 82.5 cm³/mol. The summed E-state index contributed by atoms with van der Waals surface area (Å²) in [6, 6.07) is 0. The van der Waals surface area contributed by atoms with Crippen LogP contribution in [0, 0.1) is 0 Å². The van der Waals surface area contributed by atoms with Crippen LogP contribution in [0.3, 0.4) is 0 Å². The third-order valence-electron chi connectivity index (χ3n) is 4.02. The lowest BCUT2D eigenvalue weighted by Gasteiger charge is -2.27. The first-order valence-corrected chi connectivity index (χ1v) is 8.43. The van der Waals surface area contributed by atoms with Crippen molar-refractivity contribution in [1.82, 2.24) is 24.6 Å². The van der Waals surface area contributed by atoms with Gasteiger partial charge in [-0.3, -0.25) is 9.69 Å². The molecule has 1 amide bonds. The number of hydrogen-bond donors (Lipinski definition) is 1. The van der Waals surface area contributed by atoms with Crippen LogP contribution in [0.4, 0.5) is 5.13 Å². The molecular formula is C14H18N6OS. The molecule has 2 aromatic heterocycles. The van der Waals surface area contributed by atoms with Gasteiger partial charge in [-0.1, -0.05) is 0 Å². The maximum atomic E-state index is 11.0. The van der Waals surface area contributed by atoms with E-state index in [1.54, 1.807) is 0 Å². The zero-order valence-electron chi connectivity index (χ0n) is 12.4. The van der Waals surface area contributed by atoms with Gasteiger partial charge in [0.1, 0.15) is 11.6 Å². The van der Waals surface area contributed by atoms with E-state index >= 15 is 0 Å². The van der Waals surface area contributed by atoms with E-state index in [9.17, 15) is 4.79 Å². The molecule has 1 aliphatic heterocycles. The number of amides is 1. The monoisotopic (exact) mass is 318 g/mol. The molecule has 0 aromatic carbocycles. The fraction of sp³-hybridized carbons (Fsp3) is 0.571. The van der Waals surface area contributed by atoms with Crippen LogP contribution in [-0.2, 0) is 24.4 Å². The normalized spacial score (nSPS) is 18.2. The molecule has 1 aliphatic carbocycles. The van der Waals surface area contributed by atoms with Gasteiger partial charge >= 0.3 is 0 Å². The van der Waals surface area contributed by atoms with Gasteiger partial charge in [0.15, 0.2) is 5.13 Å². The lowest BCUT2D eigenvalue weighted by Crippen LogP contribution is -2.34. The Morgan fingerprint density at radius 1 is 1.41 bits per heavy atom. The van der Waals surface area contributed by atoms with Crippen molar-refractivity contribution in [2.24, 2.45) is 0 Å². The summed E-state index contributed by atoms with van der Waals surface area (Å²) < 4.78 is 2.29. The standard InChI is InChI=1S/C14H18N6OS/c1-9(21)15-14-16-11(8-22-14)6-19-4-5-20-12(7-19)17-18-13(20)10-2-3-10/h8,10H,2-7H2,1H3,(H,15,16,21). The summed E-state index contributed by atoms with van der Waals surface area (Å²) in [6.45, 7) is 5.03. The van der Waals surface area contributed by atoms with Crippen LogP contribution >= 0.6 is 11.3 Å². The van der Waals surface area contributed by atoms with E-state index in [1.165, 1.54) is 36.9 Å². The number of anilines is 1. The summed E-state index contributed by atoms with van der Waals surface area (Å²) in [6.07, 6.45) is 2.51. The lowest BCUT2D eigenvalue weighted by molar-refractivity contribution is -0.114. The highest BCUT2D eigenvalue weighted by atomic mass is 32.1. The number of carbonyl (C=O) groups excluding carboxylic acids is 1. The molecule has 3 heterocycles. The van der Waals surface area contributed by atoms with E-state index in [1.807, 2.05) is 5.38 Å². The average Bonchev–Trinajstić information content (AvgIpc) is 3.10. The molecule has 2 aliphatic rings. The molecule has 1 N–H and O–H groups in total. The maximum Gasteiger partial charge on any atom is 0.223 e. The first-order chi connectivity index (χ1) is 10.7. The summed E-state index contributed by atoms with van der Waals surface area (Å²) in [5, 5.41) is 14.1. The zero-order valence-corrected chi connectivity index (χ0v) is 13.3. The van der Waals surface area contributed by atoms with Crippen molar-refractivity contribution in [1.29, 1.82) is 0 Å². The van der Waals surface area contributed by atoms with Gasteiger partial charge in [0.2, 0.25) is 5.91 Å². The summed E-state index contributed by atoms with van der Waals surface area (Å²) in [5.41, 5.74) is 0.990. The Morgan fingerprint density at radius 2 is 2.27 bits per heavy atom. The smallest absolute Gasteiger partial charge is 0.223 e. The molecular weight excluding hydrogens is 300 g/mol. The van der Waals surface area contributed by atoms with Crippen molar-refractivity contribution in [2.45, 2.75) is 45.3 Å². The molecule has 8 heteroatoms. The van der Waals surface area contributed by atoms with Crippen molar-refractivity contribution < 1.29 is 4.79 Å². The van der Waals surface area contributed by atoms with Gasteiger partial charge in [-0.05, 0) is 12.8 Å². The third-order valence-corrected chi connectivity index (χ3v) is 4.83. The Morgan fingerprint density at radius 3 is 3.05 bits per heavy atom. The second-order valence-electron chi connectivity index (χ2n) is 5.94. The summed E-state index contributed by atoms with van der Waals surface area (Å²) in [5.74, 6) is 2.80. The molecule has 1 saturated carbocycles. The van der Waals surface area contributed by atoms with Crippen LogP contribution in [0.1, 0.15) is 43.0 Å². The highest BCUT2D eigenvalue weighted by molar-refractivity contribution is 7.13. The fourth-order valence-corrected chi connectivity index (χ4v) is 3.57. The van der Waals surface area contributed by atoms with Crippen molar-refractivity contribution in [3.05, 3.63) is 22.7 Å². The Hall–Kier alpha value is -1.80. The van der Waals surface area contributed by atoms with E-state index in [2.05, 4.69) is 30.0 Å². The number of hydrogen-bond acceptors (Lipinski definition) is 6. The van der Waals surface area contributed by atoms with Crippen LogP contribution in [0.2, 0.25) is 0 Å². The minimum Gasteiger partial charge on any atom is -0.312 e. The van der Waals surface area contributed by atoms with Gasteiger partial charge in [-0.15, -0.1) is 21.5 Å². The quantitative estimate of drug-likeness (QED) is 0.926. The fourth-order valence-electron chi connectivity index (χ4n) is 2.83. The number of aromatic nitrogens is 4. The van der Waals surface area contributed by atoms with Gasteiger partial charge in [0.05, 0.1) is 12.2 Å². The minimum atomic E-state index is -0.0837. The maximum absolute atomic E-state index is 11.0. The highest BCUT2D eigenvalue weighted by Gasteiger charge is 2.32. The summed E-state index contributed by atoms with van der Waals surface area (Å²) in [4.78, 5) is 17.8. The summed E-state index contributed by atoms with van der Waals surface area (Å²) >= 11 is 1.47. The summed E-state index contributed by atoms with van der Waals surface area (Å²) in [7, 11) is 0. The number of thiazole rings is 1. The Labute approximate surface area is 132 Å². The molecule has 0 saturated heterocycles. The van der Waals surface area contributed by atoms with Gasteiger partial charge in [-0.2, -0.15) is 0 Å². The van der Waals surface area contributed by atoms with Crippen LogP contribution in [0.15, 0.2) is 5.38 Å². The Bertz CT molecular complexity index is 704. The largest absolute Gasteiger partial charge is 0.312 e. The molecule has 116 valence electrons. The van der Waals surface area contributed by atoms with Crippen LogP contribution in [0.5, 0.6) is 0 Å². The van der Waals surface area contributed by atoms with Crippen LogP contribution in [-0.4, -0.2) is 37.1 Å². The first-order valence-electron chi connectivity index (χ1n) is 7.55. The third kappa shape index (κ3) is 2.76. The average molecular weight is 318 g/mol. The van der Waals surface area contributed by atoms with E-state index in [-0.39, 0.29) is 5.91 Å². The SMILES string of the molecule is CC(=O)Nc1nc(CN2CCn3c(nnc3C3CC3)C2)cs1. The Balaban J connectivity index is 1.42. The topological polar surface area (TPSA) is 75.9 Å². The molecule has 7 nitrogen and oxygen atoms in total. The number of fused-ring (bicyclic) bond motifs is 1. The molecule has 0 atom stereocenters. The van der Waals surface area contributed by atoms with Crippen LogP contribution in [0.25, 0.3) is 0 Å². The molecule has 4 rings (SSSR count). The minimum absolute atomic E-state index is 0.0837. The molecule has 0 unspecified atom stereocenters. The molecule has 2 aromatic rings. The lowest BCUT2D eigenvalue weighted by atomic mass is 10.3. The van der Waals surface area contributed by atoms with Crippen molar-refractivity contribution >= 4 is 22.4 Å². The second-order valence-corrected chi connectivity index (χ2v) is 6.79. The van der Waals surface area contributed by atoms with Gasteiger partial charge < -0.3 is 9.88 Å². The second kappa shape index (κ2) is 5.44. The van der Waals surface area contributed by atoms with E-state index in [4.69, 9.17) is 0 Å². The van der Waals surface area contributed by atoms with E-state index in [0.717, 1.165) is 37.7 Å². The van der Waals surface area contributed by atoms with Gasteiger partial charge in [0.25, 0.3) is 0 Å². The number of nitrogens with one attached hydrogen (secondary N) is 1. The molecule has 1 fully saturated rings. The molecule has 0 radical (unpaired) electrons. The van der Waals surface area contributed by atoms with Crippen LogP contribution < -0.4 is 5.32 Å². The van der Waals surface area contributed by atoms with E-state index < -0.39 is 0 Å². The van der Waals surface area contributed by atoms with Crippen molar-refractivity contribution in [3.63, 3.8) is 0 Å². The zero-order chi connectivity index (χ0) is 15.1. The molecule has 0 spiro atoms. The molecule has 0 bridgehead atoms. The number of nitrogens with zero attached hydrogens (tertiary/aromatic N) is 5. The van der Waals surface area contributed by atoms with Gasteiger partial charge in [-0.25, -0.2) is 4.98 Å². The van der Waals surface area contributed by atoms with E-state index in [0.29, 0.717) is 11.0 Å². The predicted octanol–water partition coefficient (Wildman–Crippen LogP) is 1.59. The Kier molecular flexibility index (Phi) is 3.42. The molecule has 22 heavy (non-hydrogen) atoms. The van der Waals surface area contributed by atoms with Crippen molar-refractivity contribution in [3.8, 4) is 0 Å². The first kappa shape index (κ1) is 13.8. The number of rotatable bonds is 4. The van der Waals surface area contributed by atoms with Gasteiger partial charge in [0, 0.05) is 37.9 Å².